The molecule has 0 N–H and O–H groups in total. The number of hydrogen-bond acceptors (Lipinski definition) is 1. The van der Waals surface area contributed by atoms with E-state index >= 15 is 13.2 Å². The smallest absolute Gasteiger partial charge is 0.425 e. The summed E-state index contributed by atoms with van der Waals surface area (Å²) in [6.07, 6.45) is 16.1. The second kappa shape index (κ2) is 16.2. The first-order valence-electron chi connectivity index (χ1n) is 16.6. The number of alkyl halides is 2. The fourth-order valence-electron chi connectivity index (χ4n) is 6.08. The summed E-state index contributed by atoms with van der Waals surface area (Å²) in [7, 11) is 0. The lowest BCUT2D eigenvalue weighted by Crippen LogP contribution is -2.27. The minimum atomic E-state index is -3.60. The van der Waals surface area contributed by atoms with Gasteiger partial charge in [0.25, 0.3) is 0 Å². The van der Waals surface area contributed by atoms with Crippen LogP contribution >= 0.6 is 0 Å². The Kier molecular flexibility index (Phi) is 12.4. The molecule has 0 bridgehead atoms. The summed E-state index contributed by atoms with van der Waals surface area (Å²) in [6.45, 7) is 4.45. The number of halogens is 3. The molecule has 42 heavy (non-hydrogen) atoms. The van der Waals surface area contributed by atoms with Crippen molar-refractivity contribution in [2.75, 3.05) is 0 Å². The Morgan fingerprint density at radius 2 is 1.10 bits per heavy atom. The van der Waals surface area contributed by atoms with E-state index in [4.69, 9.17) is 4.74 Å². The van der Waals surface area contributed by atoms with Gasteiger partial charge in [0.2, 0.25) is 0 Å². The molecule has 0 saturated carbocycles. The van der Waals surface area contributed by atoms with E-state index in [0.29, 0.717) is 28.7 Å². The topological polar surface area (TPSA) is 9.23 Å². The average Bonchev–Trinajstić information content (AvgIpc) is 2.99. The fourth-order valence-corrected chi connectivity index (χ4v) is 6.08. The van der Waals surface area contributed by atoms with Crippen LogP contribution in [-0.2, 0) is 19.0 Å². The van der Waals surface area contributed by atoms with E-state index in [1.807, 2.05) is 18.2 Å². The molecule has 0 aromatic heterocycles. The highest BCUT2D eigenvalue weighted by molar-refractivity contribution is 5.80. The van der Waals surface area contributed by atoms with Crippen molar-refractivity contribution in [2.24, 2.45) is 0 Å². The Morgan fingerprint density at radius 1 is 0.571 bits per heavy atom. The molecule has 1 nitrogen and oxygen atoms in total. The molecule has 0 unspecified atom stereocenters. The largest absolute Gasteiger partial charge is 0.427 e. The fraction of sp³-hybridized carbons (Fsp3) is 0.526. The molecular formula is C38H49F3O. The van der Waals surface area contributed by atoms with Gasteiger partial charge in [-0.3, -0.25) is 0 Å². The van der Waals surface area contributed by atoms with Crippen LogP contribution in [-0.4, -0.2) is 0 Å². The molecule has 0 aliphatic carbocycles. The molecule has 0 spiro atoms. The summed E-state index contributed by atoms with van der Waals surface area (Å²) in [5, 5.41) is 0. The lowest BCUT2D eigenvalue weighted by molar-refractivity contribution is -0.188. The van der Waals surface area contributed by atoms with Gasteiger partial charge in [0.15, 0.2) is 11.6 Å². The van der Waals surface area contributed by atoms with Gasteiger partial charge in [-0.25, -0.2) is 4.39 Å². The van der Waals surface area contributed by atoms with Gasteiger partial charge in [0, 0.05) is 5.56 Å². The molecule has 0 radical (unpaired) electrons. The van der Waals surface area contributed by atoms with E-state index in [0.717, 1.165) is 31.2 Å². The number of rotatable bonds is 18. The highest BCUT2D eigenvalue weighted by Crippen LogP contribution is 2.49. The summed E-state index contributed by atoms with van der Waals surface area (Å²) in [4.78, 5) is 0. The predicted octanol–water partition coefficient (Wildman–Crippen LogP) is 12.6. The number of fused-ring (bicyclic) bond motifs is 3. The third-order valence-corrected chi connectivity index (χ3v) is 8.69. The van der Waals surface area contributed by atoms with Gasteiger partial charge in [-0.1, -0.05) is 146 Å². The van der Waals surface area contributed by atoms with Crippen LogP contribution in [0.4, 0.5) is 13.2 Å². The normalized spacial score (nSPS) is 13.5. The van der Waals surface area contributed by atoms with Crippen molar-refractivity contribution in [1.29, 1.82) is 0 Å². The van der Waals surface area contributed by atoms with Crippen molar-refractivity contribution in [2.45, 2.75) is 129 Å². The Hall–Kier alpha value is -2.75. The quantitative estimate of drug-likeness (QED) is 0.136. The Labute approximate surface area is 251 Å². The molecular weight excluding hydrogens is 529 g/mol. The van der Waals surface area contributed by atoms with Crippen molar-refractivity contribution in [3.63, 3.8) is 0 Å². The monoisotopic (exact) mass is 578 g/mol. The van der Waals surface area contributed by atoms with Gasteiger partial charge in [-0.2, -0.15) is 8.78 Å². The molecule has 4 heteroatoms. The van der Waals surface area contributed by atoms with Crippen molar-refractivity contribution in [1.82, 2.24) is 0 Å². The van der Waals surface area contributed by atoms with Crippen molar-refractivity contribution in [3.05, 3.63) is 77.1 Å². The Balaban J connectivity index is 1.38. The second-order valence-electron chi connectivity index (χ2n) is 12.1. The summed E-state index contributed by atoms with van der Waals surface area (Å²) >= 11 is 0. The zero-order chi connectivity index (χ0) is 29.8. The number of benzene rings is 3. The summed E-state index contributed by atoms with van der Waals surface area (Å²) in [6, 6.07) is 16.7. The van der Waals surface area contributed by atoms with E-state index < -0.39 is 11.9 Å². The summed E-state index contributed by atoms with van der Waals surface area (Å²) in [5.41, 5.74) is 3.82. The first kappa shape index (κ1) is 32.2. The van der Waals surface area contributed by atoms with Crippen LogP contribution in [0.15, 0.2) is 54.6 Å². The molecule has 3 aromatic rings. The number of hydrogen-bond donors (Lipinski definition) is 0. The first-order chi connectivity index (χ1) is 20.4. The van der Waals surface area contributed by atoms with E-state index in [1.54, 1.807) is 18.2 Å². The van der Waals surface area contributed by atoms with Crippen LogP contribution in [0.2, 0.25) is 0 Å². The van der Waals surface area contributed by atoms with Crippen LogP contribution in [0, 0.1) is 5.82 Å². The predicted molar refractivity (Wildman–Crippen MR) is 170 cm³/mol. The lowest BCUT2D eigenvalue weighted by atomic mass is 9.90. The van der Waals surface area contributed by atoms with Gasteiger partial charge in [-0.05, 0) is 59.6 Å². The molecule has 3 aromatic carbocycles. The lowest BCUT2D eigenvalue weighted by Gasteiger charge is -2.29. The van der Waals surface area contributed by atoms with Crippen molar-refractivity contribution < 1.29 is 17.9 Å². The zero-order valence-electron chi connectivity index (χ0n) is 25.8. The summed E-state index contributed by atoms with van der Waals surface area (Å²) < 4.78 is 51.1. The SMILES string of the molecule is CCCCCCCCCCc1ccc2c(c1F)OC(F)(F)c1cc(-c3ccc(CCCCCCCCC)cc3)ccc1-2. The molecule has 0 saturated heterocycles. The standard InChI is InChI=1S/C38H49F3O/c1-3-5-7-9-11-13-15-17-19-31-24-27-34-33-26-25-32(28-35(33)38(40,41)42-37(34)36(31)39)30-22-20-29(21-23-30)18-16-14-12-10-8-6-4-2/h20-28H,3-19H2,1-2H3. The number of unbranched alkanes of at least 4 members (excludes halogenated alkanes) is 13. The van der Waals surface area contributed by atoms with Crippen LogP contribution < -0.4 is 4.74 Å². The van der Waals surface area contributed by atoms with Crippen molar-refractivity contribution >= 4 is 0 Å². The first-order valence-corrected chi connectivity index (χ1v) is 16.6. The molecule has 0 amide bonds. The second-order valence-corrected chi connectivity index (χ2v) is 12.1. The average molecular weight is 579 g/mol. The molecule has 4 rings (SSSR count). The highest BCUT2D eigenvalue weighted by Gasteiger charge is 2.43. The summed E-state index contributed by atoms with van der Waals surface area (Å²) in [5.74, 6) is -0.978. The Bertz CT molecular complexity index is 1250. The van der Waals surface area contributed by atoms with Gasteiger partial charge >= 0.3 is 6.11 Å². The minimum absolute atomic E-state index is 0.213. The van der Waals surface area contributed by atoms with Gasteiger partial charge in [-0.15, -0.1) is 0 Å². The van der Waals surface area contributed by atoms with Crippen LogP contribution in [0.3, 0.4) is 0 Å². The van der Waals surface area contributed by atoms with Crippen LogP contribution in [0.25, 0.3) is 22.3 Å². The third-order valence-electron chi connectivity index (χ3n) is 8.69. The van der Waals surface area contributed by atoms with E-state index in [-0.39, 0.29) is 11.3 Å². The maximum atomic E-state index is 15.4. The molecule has 0 fully saturated rings. The number of ether oxygens (including phenoxy) is 1. The maximum absolute atomic E-state index is 15.4. The van der Waals surface area contributed by atoms with Crippen LogP contribution in [0.1, 0.15) is 127 Å². The molecule has 1 aliphatic rings. The molecule has 0 atom stereocenters. The van der Waals surface area contributed by atoms with E-state index in [2.05, 4.69) is 26.0 Å². The molecule has 228 valence electrons. The van der Waals surface area contributed by atoms with E-state index in [1.165, 1.54) is 88.7 Å². The zero-order valence-corrected chi connectivity index (χ0v) is 25.8. The molecule has 1 aliphatic heterocycles. The van der Waals surface area contributed by atoms with E-state index in [9.17, 15) is 0 Å². The van der Waals surface area contributed by atoms with Crippen molar-refractivity contribution in [3.8, 4) is 28.0 Å². The highest BCUT2D eigenvalue weighted by atomic mass is 19.3. The Morgan fingerprint density at radius 3 is 1.71 bits per heavy atom. The van der Waals surface area contributed by atoms with Gasteiger partial charge in [0.05, 0.1) is 5.56 Å². The third kappa shape index (κ3) is 8.64. The number of aryl methyl sites for hydroxylation is 2. The molecule has 1 heterocycles. The van der Waals surface area contributed by atoms with Crippen LogP contribution in [0.5, 0.6) is 5.75 Å². The minimum Gasteiger partial charge on any atom is -0.425 e. The van der Waals surface area contributed by atoms with Gasteiger partial charge < -0.3 is 4.74 Å². The van der Waals surface area contributed by atoms with Gasteiger partial charge in [0.1, 0.15) is 0 Å². The maximum Gasteiger partial charge on any atom is 0.427 e.